The number of benzene rings is 1. The maximum absolute atomic E-state index is 12.6. The lowest BCUT2D eigenvalue weighted by atomic mass is 10.1. The summed E-state index contributed by atoms with van der Waals surface area (Å²) >= 11 is 5.91. The number of piperazine rings is 1. The SMILES string of the molecule is Cc1cc(C(=O)N2CCN(CCNC(=O)C3CC(=O)N(c4ccc(Cl)cc4)C3)CC2)no1. The number of anilines is 1. The number of halogens is 1. The zero-order valence-corrected chi connectivity index (χ0v) is 18.7. The highest BCUT2D eigenvalue weighted by Gasteiger charge is 2.35. The summed E-state index contributed by atoms with van der Waals surface area (Å²) in [6.07, 6.45) is 0.205. The van der Waals surface area contributed by atoms with E-state index in [0.29, 0.717) is 49.2 Å². The lowest BCUT2D eigenvalue weighted by molar-refractivity contribution is -0.126. The van der Waals surface area contributed by atoms with E-state index in [2.05, 4.69) is 15.4 Å². The summed E-state index contributed by atoms with van der Waals surface area (Å²) in [7, 11) is 0. The fraction of sp³-hybridized carbons (Fsp3) is 0.455. The topological polar surface area (TPSA) is 99.0 Å². The van der Waals surface area contributed by atoms with E-state index in [1.165, 1.54) is 0 Å². The minimum atomic E-state index is -0.362. The van der Waals surface area contributed by atoms with Crippen LogP contribution in [0.1, 0.15) is 22.7 Å². The van der Waals surface area contributed by atoms with Crippen molar-refractivity contribution < 1.29 is 18.9 Å². The van der Waals surface area contributed by atoms with Gasteiger partial charge in [-0.2, -0.15) is 0 Å². The Hall–Kier alpha value is -2.91. The van der Waals surface area contributed by atoms with Crippen LogP contribution in [0.25, 0.3) is 0 Å². The summed E-state index contributed by atoms with van der Waals surface area (Å²) in [4.78, 5) is 42.9. The molecule has 1 atom stereocenters. The van der Waals surface area contributed by atoms with E-state index >= 15 is 0 Å². The highest BCUT2D eigenvalue weighted by molar-refractivity contribution is 6.30. The lowest BCUT2D eigenvalue weighted by Crippen LogP contribution is -2.50. The van der Waals surface area contributed by atoms with Gasteiger partial charge in [-0.25, -0.2) is 0 Å². The molecule has 3 heterocycles. The van der Waals surface area contributed by atoms with Gasteiger partial charge in [0.1, 0.15) is 5.76 Å². The molecule has 0 spiro atoms. The number of carbonyl (C=O) groups excluding carboxylic acids is 3. The molecule has 1 N–H and O–H groups in total. The minimum absolute atomic E-state index is 0.0597. The highest BCUT2D eigenvalue weighted by Crippen LogP contribution is 2.26. The molecule has 0 bridgehead atoms. The molecule has 0 aliphatic carbocycles. The summed E-state index contributed by atoms with van der Waals surface area (Å²) in [5.41, 5.74) is 1.09. The van der Waals surface area contributed by atoms with Gasteiger partial charge in [-0.3, -0.25) is 19.3 Å². The Morgan fingerprint density at radius 2 is 1.91 bits per heavy atom. The molecule has 1 aromatic heterocycles. The number of hydrogen-bond acceptors (Lipinski definition) is 6. The molecule has 1 unspecified atom stereocenters. The van der Waals surface area contributed by atoms with Crippen molar-refractivity contribution in [2.45, 2.75) is 13.3 Å². The number of nitrogens with one attached hydrogen (secondary N) is 1. The van der Waals surface area contributed by atoms with E-state index in [0.717, 1.165) is 18.8 Å². The third kappa shape index (κ3) is 5.11. The first-order valence-corrected chi connectivity index (χ1v) is 11.1. The fourth-order valence-corrected chi connectivity index (χ4v) is 4.17. The van der Waals surface area contributed by atoms with Crippen molar-refractivity contribution in [1.82, 2.24) is 20.3 Å². The van der Waals surface area contributed by atoms with Crippen molar-refractivity contribution >= 4 is 35.0 Å². The number of amides is 3. The standard InChI is InChI=1S/C22H26ClN5O4/c1-15-12-19(25-32-15)22(31)27-10-8-26(9-11-27)7-6-24-21(30)16-13-20(29)28(14-16)18-4-2-17(23)3-5-18/h2-5,12,16H,6-11,13-14H2,1H3,(H,24,30). The van der Waals surface area contributed by atoms with E-state index in [1.807, 2.05) is 0 Å². The molecule has 2 saturated heterocycles. The zero-order chi connectivity index (χ0) is 22.7. The van der Waals surface area contributed by atoms with Gasteiger partial charge in [0.25, 0.3) is 5.91 Å². The van der Waals surface area contributed by atoms with Gasteiger partial charge in [0.05, 0.1) is 5.92 Å². The molecule has 170 valence electrons. The number of aromatic nitrogens is 1. The third-order valence-corrected chi connectivity index (χ3v) is 6.12. The Morgan fingerprint density at radius 1 is 1.19 bits per heavy atom. The predicted octanol–water partition coefficient (Wildman–Crippen LogP) is 1.56. The number of aryl methyl sites for hydroxylation is 1. The zero-order valence-electron chi connectivity index (χ0n) is 17.9. The molecule has 1 aromatic carbocycles. The average molecular weight is 460 g/mol. The summed E-state index contributed by atoms with van der Waals surface area (Å²) in [6.45, 7) is 5.98. The van der Waals surface area contributed by atoms with Crippen molar-refractivity contribution in [2.24, 2.45) is 5.92 Å². The maximum Gasteiger partial charge on any atom is 0.276 e. The van der Waals surface area contributed by atoms with Crippen molar-refractivity contribution in [3.05, 3.63) is 46.8 Å². The van der Waals surface area contributed by atoms with Crippen LogP contribution in [0.3, 0.4) is 0 Å². The monoisotopic (exact) mass is 459 g/mol. The van der Waals surface area contributed by atoms with Gasteiger partial charge in [0.15, 0.2) is 5.69 Å². The second-order valence-corrected chi connectivity index (χ2v) is 8.57. The molecule has 32 heavy (non-hydrogen) atoms. The summed E-state index contributed by atoms with van der Waals surface area (Å²) < 4.78 is 4.98. The van der Waals surface area contributed by atoms with Crippen molar-refractivity contribution in [3.63, 3.8) is 0 Å². The van der Waals surface area contributed by atoms with Crippen LogP contribution in [0, 0.1) is 12.8 Å². The number of nitrogens with zero attached hydrogens (tertiary/aromatic N) is 4. The molecule has 9 nitrogen and oxygen atoms in total. The molecule has 3 amide bonds. The van der Waals surface area contributed by atoms with Gasteiger partial charge < -0.3 is 19.6 Å². The second-order valence-electron chi connectivity index (χ2n) is 8.13. The van der Waals surface area contributed by atoms with E-state index < -0.39 is 0 Å². The van der Waals surface area contributed by atoms with Crippen molar-refractivity contribution in [2.75, 3.05) is 50.7 Å². The van der Waals surface area contributed by atoms with E-state index in [1.54, 1.807) is 47.1 Å². The molecule has 2 aliphatic heterocycles. The normalized spacial score (nSPS) is 19.4. The third-order valence-electron chi connectivity index (χ3n) is 5.87. The summed E-state index contributed by atoms with van der Waals surface area (Å²) in [6, 6.07) is 8.69. The molecule has 0 saturated carbocycles. The van der Waals surface area contributed by atoms with Crippen LogP contribution in [0.4, 0.5) is 5.69 Å². The van der Waals surface area contributed by atoms with Crippen molar-refractivity contribution in [1.29, 1.82) is 0 Å². The Labute approximate surface area is 191 Å². The number of hydrogen-bond donors (Lipinski definition) is 1. The van der Waals surface area contributed by atoms with Crippen LogP contribution in [-0.2, 0) is 9.59 Å². The van der Waals surface area contributed by atoms with Gasteiger partial charge in [0, 0.05) is 69.0 Å². The molecule has 4 rings (SSSR count). The maximum atomic E-state index is 12.6. The second kappa shape index (κ2) is 9.70. The Balaban J connectivity index is 1.18. The molecule has 2 aliphatic rings. The first kappa shape index (κ1) is 22.3. The van der Waals surface area contributed by atoms with E-state index in [-0.39, 0.29) is 30.1 Å². The Morgan fingerprint density at radius 3 is 2.56 bits per heavy atom. The van der Waals surface area contributed by atoms with Gasteiger partial charge in [0.2, 0.25) is 11.8 Å². The average Bonchev–Trinajstić information content (AvgIpc) is 3.40. The van der Waals surface area contributed by atoms with Crippen LogP contribution >= 0.6 is 11.6 Å². The fourth-order valence-electron chi connectivity index (χ4n) is 4.04. The summed E-state index contributed by atoms with van der Waals surface area (Å²) in [5, 5.41) is 7.35. The molecule has 2 aromatic rings. The van der Waals surface area contributed by atoms with Gasteiger partial charge >= 0.3 is 0 Å². The minimum Gasteiger partial charge on any atom is -0.361 e. The Kier molecular flexibility index (Phi) is 6.76. The largest absolute Gasteiger partial charge is 0.361 e. The van der Waals surface area contributed by atoms with Crippen LogP contribution in [0.5, 0.6) is 0 Å². The lowest BCUT2D eigenvalue weighted by Gasteiger charge is -2.34. The summed E-state index contributed by atoms with van der Waals surface area (Å²) in [5.74, 6) is -0.0342. The number of rotatable bonds is 6. The quantitative estimate of drug-likeness (QED) is 0.704. The van der Waals surface area contributed by atoms with Gasteiger partial charge in [-0.1, -0.05) is 16.8 Å². The first-order chi connectivity index (χ1) is 15.4. The molecular weight excluding hydrogens is 434 g/mol. The predicted molar refractivity (Wildman–Crippen MR) is 119 cm³/mol. The molecule has 2 fully saturated rings. The molecule has 0 radical (unpaired) electrons. The van der Waals surface area contributed by atoms with Crippen molar-refractivity contribution in [3.8, 4) is 0 Å². The number of carbonyl (C=O) groups is 3. The smallest absolute Gasteiger partial charge is 0.276 e. The molecular formula is C22H26ClN5O4. The van der Waals surface area contributed by atoms with Gasteiger partial charge in [-0.05, 0) is 31.2 Å². The van der Waals surface area contributed by atoms with E-state index in [9.17, 15) is 14.4 Å². The highest BCUT2D eigenvalue weighted by atomic mass is 35.5. The van der Waals surface area contributed by atoms with Gasteiger partial charge in [-0.15, -0.1) is 0 Å². The molecule has 10 heteroatoms. The van der Waals surface area contributed by atoms with Crippen LogP contribution < -0.4 is 10.2 Å². The van der Waals surface area contributed by atoms with Crippen LogP contribution in [-0.4, -0.2) is 78.5 Å². The van der Waals surface area contributed by atoms with Crippen LogP contribution in [0.15, 0.2) is 34.9 Å². The van der Waals surface area contributed by atoms with Crippen LogP contribution in [0.2, 0.25) is 5.02 Å². The Bertz CT molecular complexity index is 984. The first-order valence-electron chi connectivity index (χ1n) is 10.7. The van der Waals surface area contributed by atoms with E-state index in [4.69, 9.17) is 16.1 Å².